The molecule has 1 N–H and O–H groups in total. The molecular weight excluding hydrogens is 256 g/mol. The minimum atomic E-state index is -0.925. The highest BCUT2D eigenvalue weighted by Gasteiger charge is 2.20. The van der Waals surface area contributed by atoms with E-state index in [1.165, 1.54) is 0 Å². The lowest BCUT2D eigenvalue weighted by Crippen LogP contribution is -2.41. The van der Waals surface area contributed by atoms with Gasteiger partial charge in [0.15, 0.2) is 0 Å². The molecule has 0 amide bonds. The van der Waals surface area contributed by atoms with Crippen molar-refractivity contribution in [2.24, 2.45) is 0 Å². The molecule has 3 rings (SSSR count). The van der Waals surface area contributed by atoms with Crippen LogP contribution in [0.15, 0.2) is 30.3 Å². The fraction of sp³-hybridized carbons (Fsp3) is 0.333. The lowest BCUT2D eigenvalue weighted by Gasteiger charge is -2.32. The van der Waals surface area contributed by atoms with E-state index in [-0.39, 0.29) is 6.10 Å². The molecule has 0 radical (unpaired) electrons. The second-order valence-electron chi connectivity index (χ2n) is 4.98. The van der Waals surface area contributed by atoms with Crippen molar-refractivity contribution < 1.29 is 14.6 Å². The summed E-state index contributed by atoms with van der Waals surface area (Å²) in [6, 6.07) is 8.98. The Kier molecular flexibility index (Phi) is 3.28. The normalized spacial score (nSPS) is 19.2. The van der Waals surface area contributed by atoms with Crippen molar-refractivity contribution in [3.05, 3.63) is 35.9 Å². The Morgan fingerprint density at radius 2 is 2.25 bits per heavy atom. The number of fused-ring (bicyclic) bond motifs is 1. The van der Waals surface area contributed by atoms with Gasteiger partial charge in [-0.3, -0.25) is 0 Å². The number of pyridine rings is 1. The second-order valence-corrected chi connectivity index (χ2v) is 4.98. The quantitative estimate of drug-likeness (QED) is 0.907. The fourth-order valence-corrected chi connectivity index (χ4v) is 2.53. The summed E-state index contributed by atoms with van der Waals surface area (Å²) in [5, 5.41) is 10.1. The summed E-state index contributed by atoms with van der Waals surface area (Å²) in [6.07, 6.45) is 0.130. The van der Waals surface area contributed by atoms with Crippen LogP contribution >= 0.6 is 0 Å². The smallest absolute Gasteiger partial charge is 0.336 e. The van der Waals surface area contributed by atoms with Crippen LogP contribution < -0.4 is 4.90 Å². The molecule has 1 aromatic heterocycles. The van der Waals surface area contributed by atoms with E-state index < -0.39 is 5.97 Å². The number of aromatic nitrogens is 1. The number of carbonyl (C=O) groups is 1. The first-order chi connectivity index (χ1) is 9.65. The average Bonchev–Trinajstić information content (AvgIpc) is 2.46. The Morgan fingerprint density at radius 3 is 3.00 bits per heavy atom. The summed E-state index contributed by atoms with van der Waals surface area (Å²) in [7, 11) is 0. The molecule has 1 aliphatic rings. The lowest BCUT2D eigenvalue weighted by atomic mass is 10.1. The zero-order valence-corrected chi connectivity index (χ0v) is 11.2. The number of rotatable bonds is 2. The van der Waals surface area contributed by atoms with Gasteiger partial charge in [0.2, 0.25) is 0 Å². The van der Waals surface area contributed by atoms with Crippen molar-refractivity contribution in [2.75, 3.05) is 24.6 Å². The monoisotopic (exact) mass is 272 g/mol. The molecule has 1 saturated heterocycles. The van der Waals surface area contributed by atoms with E-state index in [4.69, 9.17) is 4.74 Å². The van der Waals surface area contributed by atoms with E-state index >= 15 is 0 Å². The third kappa shape index (κ3) is 2.32. The highest BCUT2D eigenvalue weighted by molar-refractivity contribution is 6.03. The minimum absolute atomic E-state index is 0.130. The Balaban J connectivity index is 2.09. The third-order valence-corrected chi connectivity index (χ3v) is 3.50. The van der Waals surface area contributed by atoms with Gasteiger partial charge < -0.3 is 14.7 Å². The number of carboxylic acids is 1. The Morgan fingerprint density at radius 1 is 1.45 bits per heavy atom. The highest BCUT2D eigenvalue weighted by Crippen LogP contribution is 2.24. The van der Waals surface area contributed by atoms with Gasteiger partial charge in [0.25, 0.3) is 0 Å². The molecule has 1 aliphatic heterocycles. The van der Waals surface area contributed by atoms with Gasteiger partial charge in [-0.25, -0.2) is 9.78 Å². The van der Waals surface area contributed by atoms with Crippen LogP contribution in [0.2, 0.25) is 0 Å². The number of benzene rings is 1. The zero-order chi connectivity index (χ0) is 14.1. The Bertz CT molecular complexity index is 657. The lowest BCUT2D eigenvalue weighted by molar-refractivity contribution is 0.0529. The first-order valence-electron chi connectivity index (χ1n) is 6.65. The van der Waals surface area contributed by atoms with Crippen molar-refractivity contribution in [1.29, 1.82) is 0 Å². The first-order valence-corrected chi connectivity index (χ1v) is 6.65. The van der Waals surface area contributed by atoms with E-state index in [1.54, 1.807) is 12.1 Å². The molecule has 0 aliphatic carbocycles. The predicted octanol–water partition coefficient (Wildman–Crippen LogP) is 2.16. The largest absolute Gasteiger partial charge is 0.478 e. The van der Waals surface area contributed by atoms with Crippen LogP contribution in [0.1, 0.15) is 17.3 Å². The van der Waals surface area contributed by atoms with E-state index in [1.807, 2.05) is 25.1 Å². The molecule has 1 unspecified atom stereocenters. The second kappa shape index (κ2) is 5.09. The van der Waals surface area contributed by atoms with Crippen LogP contribution in [0, 0.1) is 0 Å². The zero-order valence-electron chi connectivity index (χ0n) is 11.2. The van der Waals surface area contributed by atoms with Gasteiger partial charge in [0.05, 0.1) is 23.8 Å². The molecule has 1 atom stereocenters. The number of para-hydroxylation sites is 1. The van der Waals surface area contributed by atoms with Crippen LogP contribution in [-0.4, -0.2) is 41.9 Å². The van der Waals surface area contributed by atoms with Crippen molar-refractivity contribution in [1.82, 2.24) is 4.98 Å². The molecule has 1 aromatic carbocycles. The number of hydrogen-bond donors (Lipinski definition) is 1. The average molecular weight is 272 g/mol. The summed E-state index contributed by atoms with van der Waals surface area (Å²) < 4.78 is 5.51. The summed E-state index contributed by atoms with van der Waals surface area (Å²) in [4.78, 5) is 18.1. The van der Waals surface area contributed by atoms with Crippen LogP contribution in [0.4, 0.5) is 5.82 Å². The molecule has 0 bridgehead atoms. The number of carboxylic acid groups (broad SMARTS) is 1. The molecular formula is C15H16N2O3. The summed E-state index contributed by atoms with van der Waals surface area (Å²) in [6.45, 7) is 4.10. The number of hydrogen-bond acceptors (Lipinski definition) is 4. The molecule has 0 saturated carbocycles. The minimum Gasteiger partial charge on any atom is -0.478 e. The van der Waals surface area contributed by atoms with E-state index in [0.717, 1.165) is 13.1 Å². The molecule has 1 fully saturated rings. The third-order valence-electron chi connectivity index (χ3n) is 3.50. The number of nitrogens with zero attached hydrogens (tertiary/aromatic N) is 2. The molecule has 5 nitrogen and oxygen atoms in total. The maximum absolute atomic E-state index is 11.4. The first kappa shape index (κ1) is 12.9. The van der Waals surface area contributed by atoms with Crippen molar-refractivity contribution in [3.8, 4) is 0 Å². The molecule has 20 heavy (non-hydrogen) atoms. The van der Waals surface area contributed by atoms with E-state index in [9.17, 15) is 9.90 Å². The van der Waals surface area contributed by atoms with Crippen LogP contribution in [0.3, 0.4) is 0 Å². The van der Waals surface area contributed by atoms with Gasteiger partial charge in [0.1, 0.15) is 5.82 Å². The van der Waals surface area contributed by atoms with Crippen LogP contribution in [0.25, 0.3) is 10.9 Å². The van der Waals surface area contributed by atoms with Crippen LogP contribution in [-0.2, 0) is 4.74 Å². The standard InChI is InChI=1S/C15H16N2O3/c1-10-9-17(6-7-20-10)14-8-12(15(18)19)11-4-2-3-5-13(11)16-14/h2-5,8,10H,6-7,9H2,1H3,(H,18,19). The molecule has 2 aromatic rings. The van der Waals surface area contributed by atoms with Gasteiger partial charge in [0, 0.05) is 18.5 Å². The van der Waals surface area contributed by atoms with Gasteiger partial charge in [-0.15, -0.1) is 0 Å². The molecule has 0 spiro atoms. The van der Waals surface area contributed by atoms with Gasteiger partial charge in [-0.2, -0.15) is 0 Å². The topological polar surface area (TPSA) is 62.7 Å². The summed E-state index contributed by atoms with van der Waals surface area (Å²) >= 11 is 0. The molecule has 2 heterocycles. The van der Waals surface area contributed by atoms with Crippen molar-refractivity contribution in [2.45, 2.75) is 13.0 Å². The summed E-state index contributed by atoms with van der Waals surface area (Å²) in [5.41, 5.74) is 1.01. The summed E-state index contributed by atoms with van der Waals surface area (Å²) in [5.74, 6) is -0.220. The number of ether oxygens (including phenoxy) is 1. The number of aromatic carboxylic acids is 1. The van der Waals surface area contributed by atoms with Gasteiger partial charge in [-0.1, -0.05) is 18.2 Å². The Labute approximate surface area is 116 Å². The van der Waals surface area contributed by atoms with Crippen LogP contribution in [0.5, 0.6) is 0 Å². The molecule has 104 valence electrons. The van der Waals surface area contributed by atoms with Gasteiger partial charge >= 0.3 is 5.97 Å². The van der Waals surface area contributed by atoms with E-state index in [2.05, 4.69) is 9.88 Å². The maximum Gasteiger partial charge on any atom is 0.336 e. The predicted molar refractivity (Wildman–Crippen MR) is 76.3 cm³/mol. The maximum atomic E-state index is 11.4. The van der Waals surface area contributed by atoms with Crippen molar-refractivity contribution in [3.63, 3.8) is 0 Å². The van der Waals surface area contributed by atoms with Crippen molar-refractivity contribution >= 4 is 22.7 Å². The molecule has 5 heteroatoms. The SMILES string of the molecule is CC1CN(c2cc(C(=O)O)c3ccccc3n2)CCO1. The van der Waals surface area contributed by atoms with E-state index in [0.29, 0.717) is 28.9 Å². The number of anilines is 1. The Hall–Kier alpha value is -2.14. The fourth-order valence-electron chi connectivity index (χ4n) is 2.53. The van der Waals surface area contributed by atoms with Gasteiger partial charge in [-0.05, 0) is 19.1 Å². The highest BCUT2D eigenvalue weighted by atomic mass is 16.5. The number of morpholine rings is 1.